The Labute approximate surface area is 149 Å². The van der Waals surface area contributed by atoms with Crippen molar-refractivity contribution in [2.75, 3.05) is 10.6 Å². The fraction of sp³-hybridized carbons (Fsp3) is 0.0588. The molecular weight excluding hydrogens is 347 g/mol. The van der Waals surface area contributed by atoms with Crippen molar-refractivity contribution in [1.82, 2.24) is 9.78 Å². The van der Waals surface area contributed by atoms with E-state index < -0.39 is 0 Å². The number of aromatic nitrogens is 2. The summed E-state index contributed by atoms with van der Waals surface area (Å²) in [6.07, 6.45) is 1.79. The molecule has 7 heteroatoms. The van der Waals surface area contributed by atoms with Crippen molar-refractivity contribution in [2.24, 2.45) is 0 Å². The molecule has 0 radical (unpaired) electrons. The summed E-state index contributed by atoms with van der Waals surface area (Å²) in [5, 5.41) is 11.0. The molecule has 3 rings (SSSR count). The van der Waals surface area contributed by atoms with Crippen LogP contribution < -0.4 is 10.6 Å². The monoisotopic (exact) mass is 360 g/mol. The Balaban J connectivity index is 1.59. The molecule has 0 aliphatic heterocycles. The van der Waals surface area contributed by atoms with Crippen LogP contribution in [0.5, 0.6) is 0 Å². The molecule has 2 N–H and O–H groups in total. The minimum absolute atomic E-state index is 0.370. The van der Waals surface area contributed by atoms with Crippen molar-refractivity contribution in [3.8, 4) is 0 Å². The van der Waals surface area contributed by atoms with E-state index in [9.17, 15) is 4.79 Å². The lowest BCUT2D eigenvalue weighted by atomic mass is 10.2. The van der Waals surface area contributed by atoms with Gasteiger partial charge >= 0.3 is 6.03 Å². The van der Waals surface area contributed by atoms with Crippen LogP contribution in [0, 0.1) is 0 Å². The van der Waals surface area contributed by atoms with Gasteiger partial charge in [0.15, 0.2) is 5.82 Å². The quantitative estimate of drug-likeness (QED) is 0.696. The number of rotatable bonds is 4. The van der Waals surface area contributed by atoms with Crippen molar-refractivity contribution in [3.05, 3.63) is 76.4 Å². The molecule has 0 atom stereocenters. The van der Waals surface area contributed by atoms with Crippen molar-refractivity contribution in [3.63, 3.8) is 0 Å². The number of anilines is 2. The van der Waals surface area contributed by atoms with Gasteiger partial charge in [-0.25, -0.2) is 4.79 Å². The molecule has 0 bridgehead atoms. The van der Waals surface area contributed by atoms with Gasteiger partial charge in [0.1, 0.15) is 0 Å². The SMILES string of the molecule is O=C(Nc1ccc(Cl)cc1)Nc1ccn(Cc2cccc(Cl)c2)n1. The molecule has 24 heavy (non-hydrogen) atoms. The molecule has 122 valence electrons. The number of nitrogens with one attached hydrogen (secondary N) is 2. The van der Waals surface area contributed by atoms with Gasteiger partial charge in [0.05, 0.1) is 6.54 Å². The minimum atomic E-state index is -0.370. The number of halogens is 2. The highest BCUT2D eigenvalue weighted by Crippen LogP contribution is 2.15. The summed E-state index contributed by atoms with van der Waals surface area (Å²) in [6.45, 7) is 0.570. The highest BCUT2D eigenvalue weighted by molar-refractivity contribution is 6.30. The van der Waals surface area contributed by atoms with Gasteiger partial charge in [0, 0.05) is 28.0 Å². The Hall–Kier alpha value is -2.50. The van der Waals surface area contributed by atoms with Gasteiger partial charge in [-0.15, -0.1) is 0 Å². The molecule has 1 aromatic heterocycles. The van der Waals surface area contributed by atoms with E-state index in [0.29, 0.717) is 28.1 Å². The summed E-state index contributed by atoms with van der Waals surface area (Å²) in [6, 6.07) is 15.8. The molecule has 0 fully saturated rings. The van der Waals surface area contributed by atoms with E-state index in [2.05, 4.69) is 15.7 Å². The number of hydrogen-bond donors (Lipinski definition) is 2. The standard InChI is InChI=1S/C17H14Cl2N4O/c18-13-4-6-15(7-5-13)20-17(24)21-16-8-9-23(22-16)11-12-2-1-3-14(19)10-12/h1-10H,11H2,(H2,20,21,22,24). The predicted octanol–water partition coefficient (Wildman–Crippen LogP) is 4.88. The molecule has 1 heterocycles. The van der Waals surface area contributed by atoms with Crippen LogP contribution in [0.2, 0.25) is 10.0 Å². The second-order valence-electron chi connectivity index (χ2n) is 5.11. The average molecular weight is 361 g/mol. The number of carbonyl (C=O) groups is 1. The second-order valence-corrected chi connectivity index (χ2v) is 5.99. The molecule has 0 aliphatic rings. The molecular formula is C17H14Cl2N4O. The Morgan fingerprint density at radius 1 is 1.00 bits per heavy atom. The summed E-state index contributed by atoms with van der Waals surface area (Å²) in [4.78, 5) is 12.0. The topological polar surface area (TPSA) is 59.0 Å². The van der Waals surface area contributed by atoms with Crippen LogP contribution in [0.1, 0.15) is 5.56 Å². The van der Waals surface area contributed by atoms with E-state index in [1.54, 1.807) is 41.2 Å². The van der Waals surface area contributed by atoms with Crippen LogP contribution in [0.15, 0.2) is 60.8 Å². The van der Waals surface area contributed by atoms with Gasteiger partial charge in [-0.3, -0.25) is 10.00 Å². The first-order valence-electron chi connectivity index (χ1n) is 7.20. The molecule has 2 amide bonds. The zero-order valence-electron chi connectivity index (χ0n) is 12.5. The Morgan fingerprint density at radius 3 is 2.54 bits per heavy atom. The van der Waals surface area contributed by atoms with Gasteiger partial charge in [-0.1, -0.05) is 35.3 Å². The minimum Gasteiger partial charge on any atom is -0.308 e. The zero-order chi connectivity index (χ0) is 16.9. The van der Waals surface area contributed by atoms with Crippen molar-refractivity contribution < 1.29 is 4.79 Å². The van der Waals surface area contributed by atoms with Crippen LogP contribution in [-0.4, -0.2) is 15.8 Å². The van der Waals surface area contributed by atoms with E-state index in [4.69, 9.17) is 23.2 Å². The lowest BCUT2D eigenvalue weighted by Gasteiger charge is -2.06. The van der Waals surface area contributed by atoms with Gasteiger partial charge in [0.2, 0.25) is 0 Å². The van der Waals surface area contributed by atoms with Crippen LogP contribution in [-0.2, 0) is 6.54 Å². The number of carbonyl (C=O) groups excluding carboxylic acids is 1. The largest absolute Gasteiger partial charge is 0.324 e. The first-order valence-corrected chi connectivity index (χ1v) is 7.95. The lowest BCUT2D eigenvalue weighted by molar-refractivity contribution is 0.262. The lowest BCUT2D eigenvalue weighted by Crippen LogP contribution is -2.19. The first kappa shape index (κ1) is 16.4. The molecule has 0 saturated heterocycles. The van der Waals surface area contributed by atoms with Crippen molar-refractivity contribution in [2.45, 2.75) is 6.54 Å². The zero-order valence-corrected chi connectivity index (χ0v) is 14.1. The van der Waals surface area contributed by atoms with Gasteiger partial charge in [-0.2, -0.15) is 5.10 Å². The predicted molar refractivity (Wildman–Crippen MR) is 96.9 cm³/mol. The van der Waals surface area contributed by atoms with Crippen LogP contribution in [0.4, 0.5) is 16.3 Å². The molecule has 0 saturated carbocycles. The Kier molecular flexibility index (Phi) is 5.03. The molecule has 0 spiro atoms. The maximum absolute atomic E-state index is 12.0. The fourth-order valence-electron chi connectivity index (χ4n) is 2.15. The first-order chi connectivity index (χ1) is 11.6. The summed E-state index contributed by atoms with van der Waals surface area (Å²) < 4.78 is 1.73. The van der Waals surface area contributed by atoms with Crippen molar-refractivity contribution in [1.29, 1.82) is 0 Å². The Bertz CT molecular complexity index is 846. The number of nitrogens with zero attached hydrogens (tertiary/aromatic N) is 2. The molecule has 0 aliphatic carbocycles. The number of urea groups is 1. The third-order valence-electron chi connectivity index (χ3n) is 3.22. The molecule has 0 unspecified atom stereocenters. The van der Waals surface area contributed by atoms with E-state index in [1.807, 2.05) is 24.3 Å². The summed E-state index contributed by atoms with van der Waals surface area (Å²) in [7, 11) is 0. The number of benzene rings is 2. The van der Waals surface area contributed by atoms with Gasteiger partial charge in [0.25, 0.3) is 0 Å². The number of amides is 2. The van der Waals surface area contributed by atoms with Crippen LogP contribution in [0.25, 0.3) is 0 Å². The highest BCUT2D eigenvalue weighted by Gasteiger charge is 2.06. The fourth-order valence-corrected chi connectivity index (χ4v) is 2.49. The van der Waals surface area contributed by atoms with Gasteiger partial charge in [-0.05, 0) is 42.0 Å². The van der Waals surface area contributed by atoms with E-state index in [0.717, 1.165) is 5.56 Å². The third-order valence-corrected chi connectivity index (χ3v) is 3.71. The maximum atomic E-state index is 12.0. The summed E-state index contributed by atoms with van der Waals surface area (Å²) >= 11 is 11.8. The smallest absolute Gasteiger partial charge is 0.308 e. The number of hydrogen-bond acceptors (Lipinski definition) is 2. The normalized spacial score (nSPS) is 10.4. The maximum Gasteiger partial charge on any atom is 0.324 e. The average Bonchev–Trinajstić information content (AvgIpc) is 2.96. The summed E-state index contributed by atoms with van der Waals surface area (Å²) in [5.41, 5.74) is 1.68. The molecule has 2 aromatic carbocycles. The highest BCUT2D eigenvalue weighted by atomic mass is 35.5. The molecule has 5 nitrogen and oxygen atoms in total. The van der Waals surface area contributed by atoms with Gasteiger partial charge < -0.3 is 5.32 Å². The van der Waals surface area contributed by atoms with Crippen molar-refractivity contribution >= 4 is 40.7 Å². The molecule has 3 aromatic rings. The Morgan fingerprint density at radius 2 is 1.79 bits per heavy atom. The van der Waals surface area contributed by atoms with Crippen LogP contribution in [0.3, 0.4) is 0 Å². The third kappa shape index (κ3) is 4.50. The van der Waals surface area contributed by atoms with E-state index in [-0.39, 0.29) is 6.03 Å². The van der Waals surface area contributed by atoms with E-state index in [1.165, 1.54) is 0 Å². The van der Waals surface area contributed by atoms with E-state index >= 15 is 0 Å². The second kappa shape index (κ2) is 7.38. The van der Waals surface area contributed by atoms with Crippen LogP contribution >= 0.6 is 23.2 Å². The summed E-state index contributed by atoms with van der Waals surface area (Å²) in [5.74, 6) is 0.462.